The summed E-state index contributed by atoms with van der Waals surface area (Å²) in [4.78, 5) is 14.0. The van der Waals surface area contributed by atoms with Crippen molar-refractivity contribution < 1.29 is 29.2 Å². The fraction of sp³-hybridized carbons (Fsp3) is 0.447. The lowest BCUT2D eigenvalue weighted by molar-refractivity contribution is 0.152. The molecule has 0 aliphatic rings. The number of aromatic hydroxyl groups is 2. The maximum atomic E-state index is 11.0. The molecule has 0 bridgehead atoms. The predicted molar refractivity (Wildman–Crippen MR) is 188 cm³/mol. The third kappa shape index (κ3) is 12.4. The third-order valence-corrected chi connectivity index (χ3v) is 7.14. The second kappa shape index (κ2) is 20.7. The minimum absolute atomic E-state index is 0.0373. The number of unbranched alkanes of at least 4 members (excludes halogenated alkanes) is 4. The molecule has 0 amide bonds. The van der Waals surface area contributed by atoms with Gasteiger partial charge in [0.2, 0.25) is 0 Å². The highest BCUT2D eigenvalue weighted by Crippen LogP contribution is 2.35. The molecule has 3 aromatic rings. The molecule has 47 heavy (non-hydrogen) atoms. The molecule has 0 saturated carbocycles. The molecule has 9 heteroatoms. The molecule has 1 heterocycles. The lowest BCUT2D eigenvalue weighted by Gasteiger charge is -2.12. The van der Waals surface area contributed by atoms with Crippen molar-refractivity contribution in [1.82, 2.24) is 15.0 Å². The Hall–Kier alpha value is -4.37. The van der Waals surface area contributed by atoms with Crippen molar-refractivity contribution in [2.45, 2.75) is 79.1 Å². The average molecular weight is 646 g/mol. The van der Waals surface area contributed by atoms with Crippen LogP contribution in [0.3, 0.4) is 0 Å². The first-order chi connectivity index (χ1) is 22.9. The van der Waals surface area contributed by atoms with Gasteiger partial charge in [0.25, 0.3) is 0 Å². The predicted octanol–water partition coefficient (Wildman–Crippen LogP) is 9.06. The summed E-state index contributed by atoms with van der Waals surface area (Å²) in [6, 6.07) is 10.1. The second-order valence-electron chi connectivity index (χ2n) is 11.2. The minimum atomic E-state index is -0.0373. The van der Waals surface area contributed by atoms with Crippen molar-refractivity contribution in [1.29, 1.82) is 0 Å². The van der Waals surface area contributed by atoms with Crippen molar-refractivity contribution in [2.75, 3.05) is 33.0 Å². The Labute approximate surface area is 280 Å². The van der Waals surface area contributed by atoms with E-state index in [0.29, 0.717) is 67.0 Å². The summed E-state index contributed by atoms with van der Waals surface area (Å²) in [7, 11) is 0. The van der Waals surface area contributed by atoms with Gasteiger partial charge in [-0.15, -0.1) is 0 Å². The number of phenols is 2. The van der Waals surface area contributed by atoms with Gasteiger partial charge in [-0.3, -0.25) is 0 Å². The molecule has 3 rings (SSSR count). The standard InChI is InChI=1S/C38H51N3O6/c1-6-10-21-44-25-20-29(45-22-11-7-2)15-14-28(5)36-39-37(32-18-16-30(26-34(32)42)46-23-12-8-3)41-38(40-36)33-19-17-31(27-35(33)43)47-24-13-9-4/h14-20,26-27,42-43H,5-13,21-25H2,1-4H3/b15-14-,29-20+. The van der Waals surface area contributed by atoms with Gasteiger partial charge in [-0.2, -0.15) is 0 Å². The van der Waals surface area contributed by atoms with Crippen LogP contribution in [0.4, 0.5) is 0 Å². The van der Waals surface area contributed by atoms with E-state index in [4.69, 9.17) is 18.9 Å². The van der Waals surface area contributed by atoms with Crippen molar-refractivity contribution >= 4 is 5.57 Å². The summed E-state index contributed by atoms with van der Waals surface area (Å²) in [5.74, 6) is 2.42. The molecule has 2 N–H and O–H groups in total. The van der Waals surface area contributed by atoms with Crippen LogP contribution in [0.15, 0.2) is 67.0 Å². The molecule has 1 aromatic heterocycles. The summed E-state index contributed by atoms with van der Waals surface area (Å²) < 4.78 is 23.2. The largest absolute Gasteiger partial charge is 0.507 e. The SMILES string of the molecule is C=C(/C=C\C(=C/COCCCC)OCCCC)c1nc(-c2ccc(OCCCC)cc2O)nc(-c2ccc(OCCCC)cc2O)n1. The Kier molecular flexibility index (Phi) is 16.3. The number of rotatable bonds is 22. The van der Waals surface area contributed by atoms with E-state index in [2.05, 4.69) is 49.2 Å². The maximum Gasteiger partial charge on any atom is 0.167 e. The van der Waals surface area contributed by atoms with Crippen molar-refractivity contribution in [3.63, 3.8) is 0 Å². The van der Waals surface area contributed by atoms with Gasteiger partial charge in [0.1, 0.15) is 28.8 Å². The van der Waals surface area contributed by atoms with E-state index in [1.54, 1.807) is 42.5 Å². The average Bonchev–Trinajstić information content (AvgIpc) is 3.07. The second-order valence-corrected chi connectivity index (χ2v) is 11.2. The first-order valence-electron chi connectivity index (χ1n) is 16.9. The van der Waals surface area contributed by atoms with Crippen molar-refractivity contribution in [3.05, 3.63) is 72.8 Å². The van der Waals surface area contributed by atoms with E-state index in [0.717, 1.165) is 51.4 Å². The van der Waals surface area contributed by atoms with Gasteiger partial charge >= 0.3 is 0 Å². The van der Waals surface area contributed by atoms with Crippen LogP contribution in [-0.2, 0) is 9.47 Å². The Balaban J connectivity index is 1.99. The lowest BCUT2D eigenvalue weighted by atomic mass is 10.1. The highest BCUT2D eigenvalue weighted by Gasteiger charge is 2.17. The van der Waals surface area contributed by atoms with Crippen LogP contribution in [0.25, 0.3) is 28.3 Å². The van der Waals surface area contributed by atoms with Crippen LogP contribution in [-0.4, -0.2) is 58.2 Å². The van der Waals surface area contributed by atoms with Crippen molar-refractivity contribution in [3.8, 4) is 45.8 Å². The lowest BCUT2D eigenvalue weighted by Crippen LogP contribution is -2.03. The molecule has 254 valence electrons. The number of ether oxygens (including phenoxy) is 4. The maximum absolute atomic E-state index is 11.0. The van der Waals surface area contributed by atoms with Gasteiger partial charge < -0.3 is 29.2 Å². The number of nitrogens with zero attached hydrogens (tertiary/aromatic N) is 3. The van der Waals surface area contributed by atoms with E-state index in [1.807, 2.05) is 12.2 Å². The summed E-state index contributed by atoms with van der Waals surface area (Å²) in [6.07, 6.45) is 13.4. The van der Waals surface area contributed by atoms with Gasteiger partial charge in [-0.1, -0.05) is 60.0 Å². The zero-order valence-corrected chi connectivity index (χ0v) is 28.5. The summed E-state index contributed by atoms with van der Waals surface area (Å²) in [5, 5.41) is 22.0. The van der Waals surface area contributed by atoms with Gasteiger partial charge in [-0.05, 0) is 68.2 Å². The number of phenolic OH excluding ortho intramolecular Hbond substituents is 2. The van der Waals surface area contributed by atoms with E-state index in [9.17, 15) is 10.2 Å². The quantitative estimate of drug-likeness (QED) is 0.0627. The van der Waals surface area contributed by atoms with E-state index >= 15 is 0 Å². The number of benzene rings is 2. The molecular weight excluding hydrogens is 594 g/mol. The van der Waals surface area contributed by atoms with E-state index in [1.165, 1.54) is 0 Å². The monoisotopic (exact) mass is 645 g/mol. The number of allylic oxidation sites excluding steroid dienone is 3. The molecule has 9 nitrogen and oxygen atoms in total. The van der Waals surface area contributed by atoms with E-state index in [-0.39, 0.29) is 29.0 Å². The van der Waals surface area contributed by atoms with Crippen LogP contribution in [0.2, 0.25) is 0 Å². The van der Waals surface area contributed by atoms with Crippen LogP contribution < -0.4 is 9.47 Å². The Morgan fingerprint density at radius 1 is 0.681 bits per heavy atom. The molecule has 0 radical (unpaired) electrons. The van der Waals surface area contributed by atoms with Gasteiger partial charge in [0.15, 0.2) is 17.5 Å². The third-order valence-electron chi connectivity index (χ3n) is 7.14. The molecule has 0 spiro atoms. The fourth-order valence-electron chi connectivity index (χ4n) is 4.25. The number of aromatic nitrogens is 3. The Bertz CT molecular complexity index is 1390. The van der Waals surface area contributed by atoms with Gasteiger partial charge in [-0.25, -0.2) is 15.0 Å². The van der Waals surface area contributed by atoms with Crippen LogP contribution in [0.1, 0.15) is 84.9 Å². The molecule has 2 aromatic carbocycles. The highest BCUT2D eigenvalue weighted by molar-refractivity contribution is 5.74. The number of hydrogen-bond acceptors (Lipinski definition) is 9. The van der Waals surface area contributed by atoms with Crippen LogP contribution in [0.5, 0.6) is 23.0 Å². The smallest absolute Gasteiger partial charge is 0.167 e. The zero-order chi connectivity index (χ0) is 33.9. The molecule has 0 aliphatic carbocycles. The van der Waals surface area contributed by atoms with Gasteiger partial charge in [0.05, 0.1) is 37.6 Å². The molecule has 0 saturated heterocycles. The Morgan fingerprint density at radius 3 is 1.70 bits per heavy atom. The van der Waals surface area contributed by atoms with Crippen molar-refractivity contribution in [2.24, 2.45) is 0 Å². The summed E-state index contributed by atoms with van der Waals surface area (Å²) in [6.45, 7) is 15.5. The fourth-order valence-corrected chi connectivity index (χ4v) is 4.25. The van der Waals surface area contributed by atoms with Crippen LogP contribution in [0, 0.1) is 0 Å². The zero-order valence-electron chi connectivity index (χ0n) is 28.5. The van der Waals surface area contributed by atoms with E-state index < -0.39 is 0 Å². The van der Waals surface area contributed by atoms with Gasteiger partial charge in [0, 0.05) is 24.3 Å². The topological polar surface area (TPSA) is 116 Å². The summed E-state index contributed by atoms with van der Waals surface area (Å²) >= 11 is 0. The first-order valence-corrected chi connectivity index (χ1v) is 16.9. The summed E-state index contributed by atoms with van der Waals surface area (Å²) in [5.41, 5.74) is 1.27. The van der Waals surface area contributed by atoms with Crippen LogP contribution >= 0.6 is 0 Å². The molecule has 0 unspecified atom stereocenters. The first kappa shape index (κ1) is 37.1. The molecule has 0 fully saturated rings. The molecular formula is C38H51N3O6. The molecule has 0 atom stereocenters. The number of hydrogen-bond donors (Lipinski definition) is 2. The Morgan fingerprint density at radius 2 is 1.19 bits per heavy atom. The minimum Gasteiger partial charge on any atom is -0.507 e. The normalized spacial score (nSPS) is 11.6. The highest BCUT2D eigenvalue weighted by atomic mass is 16.5. The molecule has 0 aliphatic heterocycles.